The summed E-state index contributed by atoms with van der Waals surface area (Å²) in [7, 11) is 0. The first-order valence-corrected chi connectivity index (χ1v) is 11.0. The highest BCUT2D eigenvalue weighted by atomic mass is 35.5. The van der Waals surface area contributed by atoms with Gasteiger partial charge in [0, 0.05) is 41.7 Å². The zero-order valence-corrected chi connectivity index (χ0v) is 20.0. The van der Waals surface area contributed by atoms with Crippen LogP contribution in [0.5, 0.6) is 5.75 Å². The fourth-order valence-electron chi connectivity index (χ4n) is 3.43. The van der Waals surface area contributed by atoms with Crippen molar-refractivity contribution in [3.05, 3.63) is 86.9 Å². The van der Waals surface area contributed by atoms with Gasteiger partial charge in [0.2, 0.25) is 11.7 Å². The summed E-state index contributed by atoms with van der Waals surface area (Å²) in [6.45, 7) is 2.40. The topological polar surface area (TPSA) is 138 Å². The Kier molecular flexibility index (Phi) is 8.88. The Balaban J connectivity index is 0.000000795. The van der Waals surface area contributed by atoms with E-state index >= 15 is 0 Å². The number of amides is 1. The van der Waals surface area contributed by atoms with E-state index in [9.17, 15) is 4.79 Å². The van der Waals surface area contributed by atoms with Crippen molar-refractivity contribution >= 4 is 34.8 Å². The number of anilines is 1. The Morgan fingerprint density at radius 2 is 2.14 bits per heavy atom. The standard InChI is InChI=1S/C22H21Cl2N3O4.HNO3/c1-15(28)26-17-3-2-4-18(10-17)29-11-19-12-30-22(31-19,13-27-8-7-25-14-27)20-6-5-16(23)9-21(20)24;2-1(3)4/h2-10,14,19H,11-13H2,1H3,(H,26,28);(H,2,3,4). The molecule has 2 unspecified atom stereocenters. The molecule has 2 heterocycles. The van der Waals surface area contributed by atoms with E-state index in [0.29, 0.717) is 40.2 Å². The fraction of sp³-hybridized carbons (Fsp3) is 0.273. The highest BCUT2D eigenvalue weighted by Crippen LogP contribution is 2.40. The van der Waals surface area contributed by atoms with Gasteiger partial charge in [0.25, 0.3) is 5.09 Å². The molecule has 0 saturated carbocycles. The van der Waals surface area contributed by atoms with Crippen LogP contribution in [0, 0.1) is 10.1 Å². The largest absolute Gasteiger partial charge is 0.491 e. The van der Waals surface area contributed by atoms with Gasteiger partial charge in [0.05, 0.1) is 24.5 Å². The number of nitrogens with zero attached hydrogens (tertiary/aromatic N) is 3. The SMILES string of the molecule is CC(=O)Nc1cccc(OCC2COC(Cn3ccnc3)(c3ccc(Cl)cc3Cl)O2)c1.O=[N+]([O-])O. The van der Waals surface area contributed by atoms with Crippen LogP contribution in [0.3, 0.4) is 0 Å². The third kappa shape index (κ3) is 7.55. The number of rotatable bonds is 7. The molecule has 186 valence electrons. The molecule has 1 amide bonds. The van der Waals surface area contributed by atoms with Crippen LogP contribution in [0.15, 0.2) is 61.2 Å². The van der Waals surface area contributed by atoms with Crippen LogP contribution in [0.1, 0.15) is 12.5 Å². The number of hydrogen-bond acceptors (Lipinski definition) is 7. The molecular weight excluding hydrogens is 503 g/mol. The first-order valence-electron chi connectivity index (χ1n) is 10.2. The molecule has 2 aromatic carbocycles. The van der Waals surface area contributed by atoms with E-state index in [1.807, 2.05) is 29.0 Å². The molecule has 0 bridgehead atoms. The summed E-state index contributed by atoms with van der Waals surface area (Å²) in [6.07, 6.45) is 4.87. The summed E-state index contributed by atoms with van der Waals surface area (Å²) in [5, 5.41) is 17.4. The van der Waals surface area contributed by atoms with Gasteiger partial charge in [-0.25, -0.2) is 4.98 Å². The average Bonchev–Trinajstić information content (AvgIpc) is 3.42. The fourth-order valence-corrected chi connectivity index (χ4v) is 3.98. The van der Waals surface area contributed by atoms with Gasteiger partial charge in [0.1, 0.15) is 18.5 Å². The third-order valence-corrected chi connectivity index (χ3v) is 5.29. The smallest absolute Gasteiger partial charge is 0.291 e. The van der Waals surface area contributed by atoms with E-state index in [-0.39, 0.29) is 18.6 Å². The first kappa shape index (κ1) is 26.2. The lowest BCUT2D eigenvalue weighted by molar-refractivity contribution is -0.742. The van der Waals surface area contributed by atoms with Crippen molar-refractivity contribution in [2.45, 2.75) is 25.4 Å². The lowest BCUT2D eigenvalue weighted by Crippen LogP contribution is -2.34. The van der Waals surface area contributed by atoms with Gasteiger partial charge in [0.15, 0.2) is 0 Å². The summed E-state index contributed by atoms with van der Waals surface area (Å²) >= 11 is 12.6. The molecule has 1 aliphatic heterocycles. The second kappa shape index (κ2) is 11.8. The van der Waals surface area contributed by atoms with Gasteiger partial charge in [-0.05, 0) is 24.3 Å². The molecule has 0 aliphatic carbocycles. The van der Waals surface area contributed by atoms with E-state index in [0.717, 1.165) is 0 Å². The second-order valence-electron chi connectivity index (χ2n) is 7.42. The van der Waals surface area contributed by atoms with E-state index in [1.165, 1.54) is 6.92 Å². The summed E-state index contributed by atoms with van der Waals surface area (Å²) < 4.78 is 20.3. The van der Waals surface area contributed by atoms with Crippen molar-refractivity contribution in [1.82, 2.24) is 9.55 Å². The predicted octanol–water partition coefficient (Wildman–Crippen LogP) is 4.15. The number of hydrogen-bond donors (Lipinski definition) is 2. The number of aromatic nitrogens is 2. The van der Waals surface area contributed by atoms with Gasteiger partial charge < -0.3 is 29.3 Å². The average molecular weight is 525 g/mol. The van der Waals surface area contributed by atoms with E-state index in [4.69, 9.17) is 52.7 Å². The monoisotopic (exact) mass is 524 g/mol. The minimum Gasteiger partial charge on any atom is -0.491 e. The van der Waals surface area contributed by atoms with Crippen molar-refractivity contribution < 1.29 is 29.3 Å². The number of imidazole rings is 1. The van der Waals surface area contributed by atoms with Crippen molar-refractivity contribution in [3.63, 3.8) is 0 Å². The number of ether oxygens (including phenoxy) is 3. The molecule has 2 N–H and O–H groups in total. The van der Waals surface area contributed by atoms with Gasteiger partial charge in [-0.1, -0.05) is 35.3 Å². The normalized spacial score (nSPS) is 18.9. The first-order chi connectivity index (χ1) is 16.7. The molecule has 35 heavy (non-hydrogen) atoms. The Morgan fingerprint density at radius 3 is 2.80 bits per heavy atom. The third-order valence-electron chi connectivity index (χ3n) is 4.74. The molecular formula is C22H22Cl2N4O7. The van der Waals surface area contributed by atoms with Crippen molar-refractivity contribution in [1.29, 1.82) is 0 Å². The van der Waals surface area contributed by atoms with E-state index in [1.54, 1.807) is 36.8 Å². The maximum Gasteiger partial charge on any atom is 0.291 e. The van der Waals surface area contributed by atoms with Crippen LogP contribution in [-0.4, -0.2) is 45.1 Å². The van der Waals surface area contributed by atoms with Crippen molar-refractivity contribution in [2.75, 3.05) is 18.5 Å². The number of carbonyl (C=O) groups excluding carboxylic acids is 1. The zero-order chi connectivity index (χ0) is 25.4. The molecule has 4 rings (SSSR count). The number of carbonyl (C=O) groups is 1. The van der Waals surface area contributed by atoms with E-state index < -0.39 is 10.9 Å². The minimum absolute atomic E-state index is 0.145. The minimum atomic E-state index is -1.50. The quantitative estimate of drug-likeness (QED) is 0.347. The highest BCUT2D eigenvalue weighted by molar-refractivity contribution is 6.35. The van der Waals surface area contributed by atoms with E-state index in [2.05, 4.69) is 10.3 Å². The molecule has 0 spiro atoms. The van der Waals surface area contributed by atoms with Gasteiger partial charge >= 0.3 is 0 Å². The highest BCUT2D eigenvalue weighted by Gasteiger charge is 2.45. The van der Waals surface area contributed by atoms with Crippen molar-refractivity contribution in [2.24, 2.45) is 0 Å². The van der Waals surface area contributed by atoms with Gasteiger partial charge in [-0.15, -0.1) is 10.1 Å². The molecule has 2 atom stereocenters. The Bertz CT molecular complexity index is 1160. The maximum absolute atomic E-state index is 11.3. The lowest BCUT2D eigenvalue weighted by atomic mass is 10.1. The molecule has 3 aromatic rings. The molecule has 1 saturated heterocycles. The molecule has 1 fully saturated rings. The molecule has 13 heteroatoms. The Labute approximate surface area is 210 Å². The Morgan fingerprint density at radius 1 is 1.37 bits per heavy atom. The second-order valence-corrected chi connectivity index (χ2v) is 8.26. The van der Waals surface area contributed by atoms with Crippen LogP contribution in [-0.2, 0) is 26.6 Å². The maximum atomic E-state index is 11.3. The van der Waals surface area contributed by atoms with Crippen LogP contribution in [0.4, 0.5) is 5.69 Å². The Hall–Kier alpha value is -3.38. The van der Waals surface area contributed by atoms with Gasteiger partial charge in [-0.2, -0.15) is 0 Å². The summed E-state index contributed by atoms with van der Waals surface area (Å²) in [6, 6.07) is 12.4. The molecule has 1 aliphatic rings. The van der Waals surface area contributed by atoms with Gasteiger partial charge in [-0.3, -0.25) is 4.79 Å². The van der Waals surface area contributed by atoms with Crippen molar-refractivity contribution in [3.8, 4) is 5.75 Å². The molecule has 1 aromatic heterocycles. The summed E-state index contributed by atoms with van der Waals surface area (Å²) in [4.78, 5) is 23.7. The summed E-state index contributed by atoms with van der Waals surface area (Å²) in [5.41, 5.74) is 1.35. The molecule has 11 nitrogen and oxygen atoms in total. The van der Waals surface area contributed by atoms with Crippen LogP contribution < -0.4 is 10.1 Å². The number of halogens is 2. The van der Waals surface area contributed by atoms with Crippen LogP contribution >= 0.6 is 23.2 Å². The number of benzene rings is 2. The predicted molar refractivity (Wildman–Crippen MR) is 126 cm³/mol. The lowest BCUT2D eigenvalue weighted by Gasteiger charge is -2.30. The summed E-state index contributed by atoms with van der Waals surface area (Å²) in [5.74, 6) is -0.630. The zero-order valence-electron chi connectivity index (χ0n) is 18.5. The molecule has 0 radical (unpaired) electrons. The van der Waals surface area contributed by atoms with Crippen LogP contribution in [0.2, 0.25) is 10.0 Å². The van der Waals surface area contributed by atoms with Crippen LogP contribution in [0.25, 0.3) is 0 Å². The number of nitrogens with one attached hydrogen (secondary N) is 1.